The molecule has 0 aliphatic carbocycles. The van der Waals surface area contributed by atoms with Crippen LogP contribution in [0.25, 0.3) is 27.9 Å². The number of amides is 1. The Bertz CT molecular complexity index is 1500. The van der Waals surface area contributed by atoms with Gasteiger partial charge in [-0.3, -0.25) is 4.79 Å². The number of hydrogen-bond donors (Lipinski definition) is 1. The third-order valence-corrected chi connectivity index (χ3v) is 6.95. The van der Waals surface area contributed by atoms with E-state index in [1.54, 1.807) is 33.6 Å². The van der Waals surface area contributed by atoms with Crippen LogP contribution in [-0.2, 0) is 16.1 Å². The monoisotopic (exact) mass is 529 g/mol. The number of nitrogens with zero attached hydrogens (tertiary/aromatic N) is 9. The molecule has 5 rings (SSSR count). The van der Waals surface area contributed by atoms with Crippen LogP contribution in [0.1, 0.15) is 19.4 Å². The SMILES string of the molecule is COCCn1cc(-c2cc(-c3ccc(N4CCN(C(=O)C(O)C(C)C)CC4)nc3)c3c(C#N)cnn3c2)nn1. The number of fused-ring (bicyclic) bond motifs is 1. The lowest BCUT2D eigenvalue weighted by Gasteiger charge is -2.36. The maximum absolute atomic E-state index is 12.5. The molecule has 12 heteroatoms. The highest BCUT2D eigenvalue weighted by Crippen LogP contribution is 2.32. The number of anilines is 1. The van der Waals surface area contributed by atoms with Gasteiger partial charge in [0.15, 0.2) is 0 Å². The van der Waals surface area contributed by atoms with Crippen LogP contribution in [0.5, 0.6) is 0 Å². The van der Waals surface area contributed by atoms with Crippen molar-refractivity contribution in [1.82, 2.24) is 34.5 Å². The van der Waals surface area contributed by atoms with Gasteiger partial charge in [0, 0.05) is 62.4 Å². The molecule has 0 aromatic carbocycles. The lowest BCUT2D eigenvalue weighted by Crippen LogP contribution is -2.52. The van der Waals surface area contributed by atoms with Gasteiger partial charge in [-0.25, -0.2) is 14.2 Å². The van der Waals surface area contributed by atoms with Gasteiger partial charge in [-0.05, 0) is 24.1 Å². The van der Waals surface area contributed by atoms with Crippen molar-refractivity contribution in [3.05, 3.63) is 48.5 Å². The summed E-state index contributed by atoms with van der Waals surface area (Å²) >= 11 is 0. The first-order chi connectivity index (χ1) is 18.9. The molecule has 1 atom stereocenters. The Balaban J connectivity index is 1.39. The zero-order valence-corrected chi connectivity index (χ0v) is 22.2. The standard InChI is InChI=1S/C27H31N9O3/c1-18(2)26(37)27(38)34-8-6-33(7-9-34)24-5-4-19(14-29-24)22-12-20(16-36-25(22)21(13-28)15-30-36)23-17-35(32-31-23)10-11-39-3/h4-5,12,14-18,26,37H,6-11H2,1-3H3. The molecule has 12 nitrogen and oxygen atoms in total. The van der Waals surface area contributed by atoms with Crippen molar-refractivity contribution in [1.29, 1.82) is 5.26 Å². The third-order valence-electron chi connectivity index (χ3n) is 6.95. The molecule has 4 aromatic rings. The number of ether oxygens (including phenoxy) is 1. The summed E-state index contributed by atoms with van der Waals surface area (Å²) in [7, 11) is 1.64. The number of aliphatic hydroxyl groups excluding tert-OH is 1. The van der Waals surface area contributed by atoms with Crippen molar-refractivity contribution < 1.29 is 14.6 Å². The predicted octanol–water partition coefficient (Wildman–Crippen LogP) is 1.84. The van der Waals surface area contributed by atoms with Crippen LogP contribution < -0.4 is 4.90 Å². The Morgan fingerprint density at radius 3 is 2.62 bits per heavy atom. The summed E-state index contributed by atoms with van der Waals surface area (Å²) in [4.78, 5) is 21.0. The highest BCUT2D eigenvalue weighted by molar-refractivity contribution is 5.87. The topological polar surface area (TPSA) is 138 Å². The van der Waals surface area contributed by atoms with Gasteiger partial charge in [0.1, 0.15) is 23.7 Å². The van der Waals surface area contributed by atoms with Crippen molar-refractivity contribution in [3.8, 4) is 28.5 Å². The number of rotatable bonds is 8. The van der Waals surface area contributed by atoms with Gasteiger partial charge in [-0.15, -0.1) is 5.10 Å². The molecule has 1 aliphatic heterocycles. The highest BCUT2D eigenvalue weighted by atomic mass is 16.5. The van der Waals surface area contributed by atoms with Crippen molar-refractivity contribution >= 4 is 17.2 Å². The Hall–Kier alpha value is -4.34. The molecule has 4 aromatic heterocycles. The van der Waals surface area contributed by atoms with Crippen LogP contribution in [0, 0.1) is 17.2 Å². The second-order valence-corrected chi connectivity index (χ2v) is 9.87. The van der Waals surface area contributed by atoms with Gasteiger partial charge < -0.3 is 19.6 Å². The zero-order valence-electron chi connectivity index (χ0n) is 22.2. The fraction of sp³-hybridized carbons (Fsp3) is 0.407. The predicted molar refractivity (Wildman–Crippen MR) is 144 cm³/mol. The van der Waals surface area contributed by atoms with E-state index in [0.29, 0.717) is 56.1 Å². The normalized spacial score (nSPS) is 14.7. The molecule has 0 bridgehead atoms. The van der Waals surface area contributed by atoms with Crippen molar-refractivity contribution in [2.24, 2.45) is 5.92 Å². The number of pyridine rings is 2. The fourth-order valence-electron chi connectivity index (χ4n) is 4.65. The molecule has 1 unspecified atom stereocenters. The number of aromatic nitrogens is 6. The van der Waals surface area contributed by atoms with E-state index in [1.807, 2.05) is 44.4 Å². The quantitative estimate of drug-likeness (QED) is 0.362. The van der Waals surface area contributed by atoms with E-state index in [0.717, 1.165) is 22.5 Å². The molecule has 202 valence electrons. The first-order valence-electron chi connectivity index (χ1n) is 12.9. The minimum atomic E-state index is -0.974. The average molecular weight is 530 g/mol. The Morgan fingerprint density at radius 2 is 1.95 bits per heavy atom. The van der Waals surface area contributed by atoms with Crippen LogP contribution >= 0.6 is 0 Å². The van der Waals surface area contributed by atoms with Crippen LogP contribution in [-0.4, -0.2) is 91.5 Å². The van der Waals surface area contributed by atoms with Gasteiger partial charge in [0.25, 0.3) is 5.91 Å². The molecule has 1 saturated heterocycles. The summed E-state index contributed by atoms with van der Waals surface area (Å²) in [5, 5.41) is 32.7. The molecule has 1 N–H and O–H groups in total. The van der Waals surface area contributed by atoms with E-state index in [-0.39, 0.29) is 11.8 Å². The summed E-state index contributed by atoms with van der Waals surface area (Å²) in [6.07, 6.45) is 6.06. The van der Waals surface area contributed by atoms with E-state index < -0.39 is 6.10 Å². The van der Waals surface area contributed by atoms with E-state index in [1.165, 1.54) is 0 Å². The van der Waals surface area contributed by atoms with Gasteiger partial charge in [-0.2, -0.15) is 10.4 Å². The first kappa shape index (κ1) is 26.3. The number of carbonyl (C=O) groups excluding carboxylic acids is 1. The van der Waals surface area contributed by atoms with Crippen LogP contribution in [0.4, 0.5) is 5.82 Å². The number of methoxy groups -OCH3 is 1. The van der Waals surface area contributed by atoms with Gasteiger partial charge in [-0.1, -0.05) is 19.1 Å². The smallest absolute Gasteiger partial charge is 0.251 e. The molecule has 0 spiro atoms. The maximum Gasteiger partial charge on any atom is 0.251 e. The van der Waals surface area contributed by atoms with Gasteiger partial charge in [0.05, 0.1) is 36.6 Å². The zero-order chi connectivity index (χ0) is 27.5. The van der Waals surface area contributed by atoms with E-state index >= 15 is 0 Å². The molecule has 0 saturated carbocycles. The van der Waals surface area contributed by atoms with E-state index in [4.69, 9.17) is 9.72 Å². The van der Waals surface area contributed by atoms with Gasteiger partial charge in [0.2, 0.25) is 0 Å². The average Bonchev–Trinajstić information content (AvgIpc) is 3.62. The molecular formula is C27H31N9O3. The summed E-state index contributed by atoms with van der Waals surface area (Å²) in [5.41, 5.74) is 4.30. The largest absolute Gasteiger partial charge is 0.383 e. The summed E-state index contributed by atoms with van der Waals surface area (Å²) in [5.74, 6) is 0.469. The highest BCUT2D eigenvalue weighted by Gasteiger charge is 2.28. The number of piperazine rings is 1. The Morgan fingerprint density at radius 1 is 1.15 bits per heavy atom. The molecule has 0 radical (unpaired) electrons. The second kappa shape index (κ2) is 11.2. The summed E-state index contributed by atoms with van der Waals surface area (Å²) in [6, 6.07) is 8.13. The number of hydrogen-bond acceptors (Lipinski definition) is 9. The van der Waals surface area contributed by atoms with Crippen molar-refractivity contribution in [3.63, 3.8) is 0 Å². The number of carbonyl (C=O) groups is 1. The van der Waals surface area contributed by atoms with Crippen LogP contribution in [0.2, 0.25) is 0 Å². The van der Waals surface area contributed by atoms with Crippen molar-refractivity contribution in [2.45, 2.75) is 26.5 Å². The Kier molecular flexibility index (Phi) is 7.53. The van der Waals surface area contributed by atoms with Gasteiger partial charge >= 0.3 is 0 Å². The number of nitriles is 1. The van der Waals surface area contributed by atoms with Crippen molar-refractivity contribution in [2.75, 3.05) is 44.8 Å². The fourth-order valence-corrected chi connectivity index (χ4v) is 4.65. The Labute approximate surface area is 226 Å². The lowest BCUT2D eigenvalue weighted by molar-refractivity contribution is -0.142. The minimum absolute atomic E-state index is 0.116. The molecule has 1 amide bonds. The summed E-state index contributed by atoms with van der Waals surface area (Å²) < 4.78 is 8.54. The molecule has 5 heterocycles. The second-order valence-electron chi connectivity index (χ2n) is 9.87. The third kappa shape index (κ3) is 5.32. The van der Waals surface area contributed by atoms with Crippen LogP contribution in [0.15, 0.2) is 43.0 Å². The molecule has 39 heavy (non-hydrogen) atoms. The summed E-state index contributed by atoms with van der Waals surface area (Å²) in [6.45, 7) is 7.10. The van der Waals surface area contributed by atoms with Crippen LogP contribution in [0.3, 0.4) is 0 Å². The minimum Gasteiger partial charge on any atom is -0.383 e. The molecule has 1 fully saturated rings. The lowest BCUT2D eigenvalue weighted by atomic mass is 10.0. The maximum atomic E-state index is 12.5. The molecule has 1 aliphatic rings. The first-order valence-corrected chi connectivity index (χ1v) is 12.9. The molecular weight excluding hydrogens is 498 g/mol. The number of aliphatic hydroxyl groups is 1. The van der Waals surface area contributed by atoms with E-state index in [9.17, 15) is 15.2 Å². The van der Waals surface area contributed by atoms with E-state index in [2.05, 4.69) is 26.4 Å².